The van der Waals surface area contributed by atoms with Crippen LogP contribution in [0.2, 0.25) is 0 Å². The van der Waals surface area contributed by atoms with Crippen LogP contribution in [0.1, 0.15) is 33.5 Å². The number of ether oxygens (including phenoxy) is 2. The lowest BCUT2D eigenvalue weighted by Crippen LogP contribution is -2.14. The number of aromatic nitrogens is 2. The van der Waals surface area contributed by atoms with E-state index in [0.717, 1.165) is 25.3 Å². The van der Waals surface area contributed by atoms with E-state index in [1.54, 1.807) is 6.92 Å². The van der Waals surface area contributed by atoms with E-state index < -0.39 is 29.4 Å². The number of halogens is 3. The Hall–Kier alpha value is -3.04. The molecule has 1 aromatic heterocycles. The predicted molar refractivity (Wildman–Crippen MR) is 80.5 cm³/mol. The number of methoxy groups -OCH3 is 1. The highest BCUT2D eigenvalue weighted by molar-refractivity contribution is 6.04. The zero-order chi connectivity index (χ0) is 18.6. The van der Waals surface area contributed by atoms with E-state index in [4.69, 9.17) is 9.47 Å². The lowest BCUT2D eigenvalue weighted by Gasteiger charge is -2.13. The van der Waals surface area contributed by atoms with E-state index in [0.29, 0.717) is 0 Å². The van der Waals surface area contributed by atoms with E-state index in [1.807, 2.05) is 0 Å². The van der Waals surface area contributed by atoms with Gasteiger partial charge in [-0.2, -0.15) is 13.2 Å². The summed E-state index contributed by atoms with van der Waals surface area (Å²) in [6.07, 6.45) is -3.41. The maximum atomic E-state index is 12.8. The van der Waals surface area contributed by atoms with Crippen molar-refractivity contribution in [1.82, 2.24) is 9.97 Å². The van der Waals surface area contributed by atoms with Crippen molar-refractivity contribution in [2.45, 2.75) is 13.1 Å². The van der Waals surface area contributed by atoms with Crippen molar-refractivity contribution in [2.24, 2.45) is 0 Å². The molecule has 0 fully saturated rings. The third-order valence-electron chi connectivity index (χ3n) is 3.06. The van der Waals surface area contributed by atoms with Gasteiger partial charge >= 0.3 is 12.1 Å². The number of nitrogens with one attached hydrogen (secondary N) is 2. The van der Waals surface area contributed by atoms with Gasteiger partial charge in [-0.25, -0.2) is 9.78 Å². The number of nitrogens with zero attached hydrogens (tertiary/aromatic N) is 1. The number of benzene rings is 1. The Morgan fingerprint density at radius 2 is 2.04 bits per heavy atom. The lowest BCUT2D eigenvalue weighted by atomic mass is 10.1. The normalized spacial score (nSPS) is 11.1. The summed E-state index contributed by atoms with van der Waals surface area (Å²) in [5.74, 6) is -1.89. The van der Waals surface area contributed by atoms with E-state index in [2.05, 4.69) is 15.3 Å². The molecule has 10 heteroatoms. The van der Waals surface area contributed by atoms with Crippen LogP contribution in [-0.2, 0) is 10.9 Å². The largest absolute Gasteiger partial charge is 0.496 e. The van der Waals surface area contributed by atoms with Gasteiger partial charge in [0.2, 0.25) is 5.82 Å². The van der Waals surface area contributed by atoms with Crippen molar-refractivity contribution in [1.29, 1.82) is 0 Å². The summed E-state index contributed by atoms with van der Waals surface area (Å²) in [7, 11) is 1.08. The molecule has 0 atom stereocenters. The molecule has 0 aliphatic rings. The van der Waals surface area contributed by atoms with Gasteiger partial charge in [0.25, 0.3) is 5.91 Å². The fourth-order valence-corrected chi connectivity index (χ4v) is 1.95. The molecule has 0 aliphatic carbocycles. The van der Waals surface area contributed by atoms with Crippen LogP contribution in [0.25, 0.3) is 0 Å². The number of aromatic amines is 1. The maximum Gasteiger partial charge on any atom is 0.419 e. The van der Waals surface area contributed by atoms with Crippen LogP contribution in [0.4, 0.5) is 19.0 Å². The van der Waals surface area contributed by atoms with Crippen LogP contribution in [0.5, 0.6) is 5.75 Å². The van der Waals surface area contributed by atoms with Crippen molar-refractivity contribution in [3.63, 3.8) is 0 Å². The summed E-state index contributed by atoms with van der Waals surface area (Å²) < 4.78 is 47.9. The highest BCUT2D eigenvalue weighted by atomic mass is 19.4. The monoisotopic (exact) mass is 357 g/mol. The third-order valence-corrected chi connectivity index (χ3v) is 3.06. The van der Waals surface area contributed by atoms with E-state index in [9.17, 15) is 22.8 Å². The summed E-state index contributed by atoms with van der Waals surface area (Å²) in [6.45, 7) is 1.79. The Labute approximate surface area is 140 Å². The number of esters is 1. The molecule has 134 valence electrons. The Balaban J connectivity index is 2.17. The van der Waals surface area contributed by atoms with Gasteiger partial charge in [0.1, 0.15) is 11.6 Å². The SMILES string of the molecule is CCOC(=O)c1ncc(NC(=O)c2ccc(C(F)(F)F)c(OC)c2)[nH]1. The van der Waals surface area contributed by atoms with Gasteiger partial charge in [0.15, 0.2) is 0 Å². The van der Waals surface area contributed by atoms with Crippen LogP contribution in [0.3, 0.4) is 0 Å². The van der Waals surface area contributed by atoms with Gasteiger partial charge < -0.3 is 19.8 Å². The van der Waals surface area contributed by atoms with Crippen molar-refractivity contribution >= 4 is 17.7 Å². The second kappa shape index (κ2) is 7.24. The van der Waals surface area contributed by atoms with Crippen LogP contribution in [-0.4, -0.2) is 35.6 Å². The minimum Gasteiger partial charge on any atom is -0.496 e. The van der Waals surface area contributed by atoms with Crippen molar-refractivity contribution in [3.8, 4) is 5.75 Å². The second-order valence-electron chi connectivity index (χ2n) is 4.73. The van der Waals surface area contributed by atoms with Gasteiger partial charge in [-0.15, -0.1) is 0 Å². The summed E-state index contributed by atoms with van der Waals surface area (Å²) in [5.41, 5.74) is -1.05. The van der Waals surface area contributed by atoms with Gasteiger partial charge in [0, 0.05) is 5.56 Å². The Kier molecular flexibility index (Phi) is 5.30. The molecule has 25 heavy (non-hydrogen) atoms. The minimum atomic E-state index is -4.60. The first-order valence-electron chi connectivity index (χ1n) is 7.05. The summed E-state index contributed by atoms with van der Waals surface area (Å²) in [6, 6.07) is 2.74. The van der Waals surface area contributed by atoms with Crippen LogP contribution in [0, 0.1) is 0 Å². The number of imidazole rings is 1. The number of amides is 1. The molecule has 2 rings (SSSR count). The zero-order valence-corrected chi connectivity index (χ0v) is 13.2. The highest BCUT2D eigenvalue weighted by Crippen LogP contribution is 2.36. The van der Waals surface area contributed by atoms with E-state index >= 15 is 0 Å². The number of alkyl halides is 3. The molecule has 1 aromatic carbocycles. The van der Waals surface area contributed by atoms with Crippen LogP contribution >= 0.6 is 0 Å². The first-order valence-corrected chi connectivity index (χ1v) is 7.05. The second-order valence-corrected chi connectivity index (χ2v) is 4.73. The molecule has 1 heterocycles. The lowest BCUT2D eigenvalue weighted by molar-refractivity contribution is -0.138. The van der Waals surface area contributed by atoms with Gasteiger partial charge in [-0.05, 0) is 25.1 Å². The molecular weight excluding hydrogens is 343 g/mol. The van der Waals surface area contributed by atoms with Crippen LogP contribution < -0.4 is 10.1 Å². The summed E-state index contributed by atoms with van der Waals surface area (Å²) >= 11 is 0. The molecule has 1 amide bonds. The molecule has 2 N–H and O–H groups in total. The Morgan fingerprint density at radius 3 is 2.64 bits per heavy atom. The fraction of sp³-hybridized carbons (Fsp3) is 0.267. The first kappa shape index (κ1) is 18.3. The zero-order valence-electron chi connectivity index (χ0n) is 13.2. The Bertz CT molecular complexity index is 787. The first-order chi connectivity index (χ1) is 11.8. The smallest absolute Gasteiger partial charge is 0.419 e. The molecule has 0 saturated carbocycles. The topological polar surface area (TPSA) is 93.3 Å². The van der Waals surface area contributed by atoms with E-state index in [-0.39, 0.29) is 23.8 Å². The quantitative estimate of drug-likeness (QED) is 0.803. The molecule has 0 bridgehead atoms. The minimum absolute atomic E-state index is 0.0582. The number of anilines is 1. The third kappa shape index (κ3) is 4.28. The van der Waals surface area contributed by atoms with Gasteiger partial charge in [-0.1, -0.05) is 0 Å². The van der Waals surface area contributed by atoms with Crippen molar-refractivity contribution < 1.29 is 32.2 Å². The maximum absolute atomic E-state index is 12.8. The predicted octanol–water partition coefficient (Wildman–Crippen LogP) is 2.87. The van der Waals surface area contributed by atoms with Gasteiger partial charge in [-0.3, -0.25) is 4.79 Å². The van der Waals surface area contributed by atoms with Crippen molar-refractivity contribution in [3.05, 3.63) is 41.3 Å². The van der Waals surface area contributed by atoms with Gasteiger partial charge in [0.05, 0.1) is 25.5 Å². The average molecular weight is 357 g/mol. The van der Waals surface area contributed by atoms with Crippen LogP contribution in [0.15, 0.2) is 24.4 Å². The molecule has 7 nitrogen and oxygen atoms in total. The van der Waals surface area contributed by atoms with Crippen molar-refractivity contribution in [2.75, 3.05) is 19.0 Å². The number of rotatable bonds is 5. The number of carbonyl (C=O) groups excluding carboxylic acids is 2. The average Bonchev–Trinajstić information content (AvgIpc) is 3.02. The molecule has 2 aromatic rings. The summed E-state index contributed by atoms with van der Waals surface area (Å²) in [5, 5.41) is 2.38. The standard InChI is InChI=1S/C15H14F3N3O4/c1-3-25-14(23)12-19-7-11(20-12)21-13(22)8-4-5-9(15(16,17)18)10(6-8)24-2/h4-7H,3H2,1-2H3,(H,19,20)(H,21,22). The number of hydrogen-bond donors (Lipinski definition) is 2. The molecule has 0 saturated heterocycles. The molecule has 0 unspecified atom stereocenters. The molecule has 0 aliphatic heterocycles. The number of H-pyrrole nitrogens is 1. The van der Waals surface area contributed by atoms with E-state index in [1.165, 1.54) is 6.20 Å². The molecule has 0 radical (unpaired) electrons. The molecule has 0 spiro atoms. The fourth-order valence-electron chi connectivity index (χ4n) is 1.95. The molecular formula is C15H14F3N3O4. The Morgan fingerprint density at radius 1 is 1.32 bits per heavy atom. The highest BCUT2D eigenvalue weighted by Gasteiger charge is 2.34. The number of carbonyl (C=O) groups is 2. The summed E-state index contributed by atoms with van der Waals surface area (Å²) in [4.78, 5) is 29.9. The number of hydrogen-bond acceptors (Lipinski definition) is 5.